The van der Waals surface area contributed by atoms with Gasteiger partial charge in [-0.25, -0.2) is 9.67 Å². The number of nitrogens with one attached hydrogen (secondary N) is 1. The molecule has 178 valence electrons. The zero-order valence-corrected chi connectivity index (χ0v) is 20.0. The molecular formula is C25H29N5O4. The quantitative estimate of drug-likeness (QED) is 0.431. The van der Waals surface area contributed by atoms with E-state index in [4.69, 9.17) is 14.5 Å². The van der Waals surface area contributed by atoms with Gasteiger partial charge in [-0.15, -0.1) is 0 Å². The van der Waals surface area contributed by atoms with Crippen molar-refractivity contribution < 1.29 is 14.3 Å². The molecule has 0 aliphatic carbocycles. The Balaban J connectivity index is 1.65. The molecule has 0 saturated heterocycles. The second-order valence-corrected chi connectivity index (χ2v) is 8.64. The summed E-state index contributed by atoms with van der Waals surface area (Å²) < 4.78 is 13.9. The van der Waals surface area contributed by atoms with Crippen LogP contribution in [0.15, 0.2) is 47.4 Å². The monoisotopic (exact) mass is 463 g/mol. The summed E-state index contributed by atoms with van der Waals surface area (Å²) in [5, 5.41) is 8.19. The third kappa shape index (κ3) is 4.33. The Labute approximate surface area is 197 Å². The standard InChI is InChI=1S/C25H29N5O4/c1-15(2)12-18(24-28-17-8-6-7-9-19(17)29(24)3)27-21(31)14-30-25(32)22-16(13-26-30)10-11-20(33-4)23(22)34-5/h6-11,13,15,18H,12,14H2,1-5H3,(H,27,31)/t18-/m0/s1. The fourth-order valence-corrected chi connectivity index (χ4v) is 4.25. The van der Waals surface area contributed by atoms with Crippen molar-refractivity contribution in [2.75, 3.05) is 14.2 Å². The first kappa shape index (κ1) is 23.3. The number of ether oxygens (including phenoxy) is 2. The summed E-state index contributed by atoms with van der Waals surface area (Å²) in [5.74, 6) is 1.53. The van der Waals surface area contributed by atoms with Gasteiger partial charge in [-0.05, 0) is 36.6 Å². The van der Waals surface area contributed by atoms with Crippen molar-refractivity contribution in [1.82, 2.24) is 24.6 Å². The van der Waals surface area contributed by atoms with Crippen LogP contribution < -0.4 is 20.3 Å². The van der Waals surface area contributed by atoms with Crippen molar-refractivity contribution in [3.8, 4) is 11.5 Å². The van der Waals surface area contributed by atoms with Crippen molar-refractivity contribution >= 4 is 27.7 Å². The average Bonchev–Trinajstić information content (AvgIpc) is 3.16. The molecule has 0 aliphatic rings. The number of nitrogens with zero attached hydrogens (tertiary/aromatic N) is 4. The van der Waals surface area contributed by atoms with E-state index in [1.165, 1.54) is 14.2 Å². The van der Waals surface area contributed by atoms with Gasteiger partial charge in [0.15, 0.2) is 11.5 Å². The smallest absolute Gasteiger partial charge is 0.279 e. The lowest BCUT2D eigenvalue weighted by atomic mass is 10.0. The number of hydrogen-bond donors (Lipinski definition) is 1. The number of imidazole rings is 1. The fourth-order valence-electron chi connectivity index (χ4n) is 4.25. The zero-order chi connectivity index (χ0) is 24.4. The molecule has 0 fully saturated rings. The van der Waals surface area contributed by atoms with Gasteiger partial charge in [-0.3, -0.25) is 9.59 Å². The fraction of sp³-hybridized carbons (Fsp3) is 0.360. The van der Waals surface area contributed by atoms with E-state index in [-0.39, 0.29) is 18.5 Å². The lowest BCUT2D eigenvalue weighted by Gasteiger charge is -2.21. The summed E-state index contributed by atoms with van der Waals surface area (Å²) in [6.45, 7) is 3.96. The number of hydrogen-bond acceptors (Lipinski definition) is 6. The van der Waals surface area contributed by atoms with Gasteiger partial charge in [0.1, 0.15) is 12.4 Å². The van der Waals surface area contributed by atoms with Crippen molar-refractivity contribution in [2.45, 2.75) is 32.9 Å². The molecule has 2 heterocycles. The molecule has 4 rings (SSSR count). The van der Waals surface area contributed by atoms with E-state index in [2.05, 4.69) is 24.3 Å². The van der Waals surface area contributed by atoms with Crippen LogP contribution in [0.3, 0.4) is 0 Å². The van der Waals surface area contributed by atoms with Crippen molar-refractivity contribution in [2.24, 2.45) is 13.0 Å². The topological polar surface area (TPSA) is 100 Å². The molecule has 0 spiro atoms. The number of benzene rings is 2. The molecule has 2 aromatic heterocycles. The van der Waals surface area contributed by atoms with Crippen LogP contribution in [0.2, 0.25) is 0 Å². The number of carbonyl (C=O) groups excluding carboxylic acids is 1. The SMILES string of the molecule is COc1ccc2cnn(CC(=O)N[C@@H](CC(C)C)c3nc4ccccc4n3C)c(=O)c2c1OC. The van der Waals surface area contributed by atoms with Gasteiger partial charge < -0.3 is 19.4 Å². The van der Waals surface area contributed by atoms with Crippen LogP contribution in [0.1, 0.15) is 32.1 Å². The molecule has 9 heteroatoms. The predicted octanol–water partition coefficient (Wildman–Crippen LogP) is 3.20. The molecule has 9 nitrogen and oxygen atoms in total. The number of fused-ring (bicyclic) bond motifs is 2. The Kier molecular flexibility index (Phi) is 6.54. The molecule has 2 aromatic carbocycles. The number of amides is 1. The third-order valence-electron chi connectivity index (χ3n) is 5.83. The number of aromatic nitrogens is 4. The summed E-state index contributed by atoms with van der Waals surface area (Å²) >= 11 is 0. The van der Waals surface area contributed by atoms with E-state index < -0.39 is 5.56 Å². The normalized spacial score (nSPS) is 12.3. The molecular weight excluding hydrogens is 434 g/mol. The zero-order valence-electron chi connectivity index (χ0n) is 20.0. The molecule has 1 N–H and O–H groups in total. The Hall–Kier alpha value is -3.88. The van der Waals surface area contributed by atoms with Gasteiger partial charge in [0.2, 0.25) is 5.91 Å². The first-order chi connectivity index (χ1) is 16.3. The Morgan fingerprint density at radius 3 is 2.56 bits per heavy atom. The molecule has 0 radical (unpaired) electrons. The van der Waals surface area contributed by atoms with Crippen molar-refractivity contribution in [1.29, 1.82) is 0 Å². The third-order valence-corrected chi connectivity index (χ3v) is 5.83. The number of aryl methyl sites for hydroxylation is 1. The van der Waals surface area contributed by atoms with Crippen LogP contribution >= 0.6 is 0 Å². The van der Waals surface area contributed by atoms with E-state index in [9.17, 15) is 9.59 Å². The van der Waals surface area contributed by atoms with Gasteiger partial charge in [0.05, 0.1) is 42.9 Å². The second kappa shape index (κ2) is 9.54. The minimum absolute atomic E-state index is 0.228. The van der Waals surface area contributed by atoms with Gasteiger partial charge in [-0.1, -0.05) is 26.0 Å². The summed E-state index contributed by atoms with van der Waals surface area (Å²) in [7, 11) is 4.92. The highest BCUT2D eigenvalue weighted by Gasteiger charge is 2.23. The highest BCUT2D eigenvalue weighted by molar-refractivity contribution is 5.89. The lowest BCUT2D eigenvalue weighted by Crippen LogP contribution is -2.37. The second-order valence-electron chi connectivity index (χ2n) is 8.64. The number of para-hydroxylation sites is 2. The minimum atomic E-state index is -0.425. The van der Waals surface area contributed by atoms with Crippen molar-refractivity contribution in [3.63, 3.8) is 0 Å². The molecule has 4 aromatic rings. The minimum Gasteiger partial charge on any atom is -0.493 e. The van der Waals surface area contributed by atoms with Gasteiger partial charge >= 0.3 is 0 Å². The van der Waals surface area contributed by atoms with E-state index in [1.54, 1.807) is 18.3 Å². The van der Waals surface area contributed by atoms with E-state index in [1.807, 2.05) is 35.9 Å². The summed E-state index contributed by atoms with van der Waals surface area (Å²) in [6.07, 6.45) is 2.25. The van der Waals surface area contributed by atoms with E-state index in [0.29, 0.717) is 34.6 Å². The average molecular weight is 464 g/mol. The molecule has 34 heavy (non-hydrogen) atoms. The molecule has 1 atom stereocenters. The van der Waals surface area contributed by atoms with Crippen LogP contribution in [0, 0.1) is 5.92 Å². The van der Waals surface area contributed by atoms with E-state index in [0.717, 1.165) is 21.5 Å². The molecule has 0 bridgehead atoms. The van der Waals surface area contributed by atoms with Crippen LogP contribution in [-0.2, 0) is 18.4 Å². The predicted molar refractivity (Wildman–Crippen MR) is 130 cm³/mol. The number of methoxy groups -OCH3 is 2. The Morgan fingerprint density at radius 1 is 1.12 bits per heavy atom. The molecule has 0 aliphatic heterocycles. The van der Waals surface area contributed by atoms with Crippen LogP contribution in [0.4, 0.5) is 0 Å². The van der Waals surface area contributed by atoms with Crippen LogP contribution in [0.25, 0.3) is 21.8 Å². The number of carbonyl (C=O) groups is 1. The highest BCUT2D eigenvalue weighted by atomic mass is 16.5. The first-order valence-corrected chi connectivity index (χ1v) is 11.2. The molecule has 0 unspecified atom stereocenters. The highest BCUT2D eigenvalue weighted by Crippen LogP contribution is 2.32. The van der Waals surface area contributed by atoms with Crippen LogP contribution in [-0.4, -0.2) is 39.5 Å². The largest absolute Gasteiger partial charge is 0.493 e. The lowest BCUT2D eigenvalue weighted by molar-refractivity contribution is -0.122. The maximum Gasteiger partial charge on any atom is 0.279 e. The van der Waals surface area contributed by atoms with Gasteiger partial charge in [0.25, 0.3) is 5.56 Å². The van der Waals surface area contributed by atoms with Crippen LogP contribution in [0.5, 0.6) is 11.5 Å². The Morgan fingerprint density at radius 2 is 1.88 bits per heavy atom. The summed E-state index contributed by atoms with van der Waals surface area (Å²) in [4.78, 5) is 31.0. The van der Waals surface area contributed by atoms with Gasteiger partial charge in [-0.2, -0.15) is 5.10 Å². The maximum atomic E-state index is 13.2. The van der Waals surface area contributed by atoms with E-state index >= 15 is 0 Å². The Bertz CT molecular complexity index is 1410. The number of rotatable bonds is 8. The van der Waals surface area contributed by atoms with Crippen molar-refractivity contribution in [3.05, 3.63) is 58.8 Å². The summed E-state index contributed by atoms with van der Waals surface area (Å²) in [5.41, 5.74) is 1.44. The summed E-state index contributed by atoms with van der Waals surface area (Å²) in [6, 6.07) is 11.0. The maximum absolute atomic E-state index is 13.2. The first-order valence-electron chi connectivity index (χ1n) is 11.2. The molecule has 0 saturated carbocycles. The van der Waals surface area contributed by atoms with Gasteiger partial charge in [0, 0.05) is 12.4 Å². The molecule has 1 amide bonds.